The van der Waals surface area contributed by atoms with Crippen molar-refractivity contribution in [3.05, 3.63) is 0 Å². The molecule has 0 aromatic heterocycles. The Balaban J connectivity index is 2.54. The van der Waals surface area contributed by atoms with Gasteiger partial charge in [0, 0.05) is 7.11 Å². The maximum absolute atomic E-state index is 5.99. The summed E-state index contributed by atoms with van der Waals surface area (Å²) < 4.78 is 11.1. The predicted octanol–water partition coefficient (Wildman–Crippen LogP) is 2.83. The molecule has 0 heterocycles. The van der Waals surface area contributed by atoms with E-state index in [1.807, 2.05) is 0 Å². The van der Waals surface area contributed by atoms with Crippen molar-refractivity contribution in [3.63, 3.8) is 0 Å². The molecular weight excluding hydrogens is 226 g/mol. The molecule has 1 fully saturated rings. The zero-order valence-corrected chi connectivity index (χ0v) is 12.6. The van der Waals surface area contributed by atoms with Crippen molar-refractivity contribution in [2.45, 2.75) is 52.6 Å². The molecule has 108 valence electrons. The minimum absolute atomic E-state index is 0.328. The van der Waals surface area contributed by atoms with Gasteiger partial charge in [-0.3, -0.25) is 0 Å². The van der Waals surface area contributed by atoms with Crippen LogP contribution in [0.4, 0.5) is 0 Å². The summed E-state index contributed by atoms with van der Waals surface area (Å²) in [6.45, 7) is 9.17. The van der Waals surface area contributed by atoms with E-state index in [4.69, 9.17) is 15.2 Å². The van der Waals surface area contributed by atoms with E-state index in [2.05, 4.69) is 20.8 Å². The topological polar surface area (TPSA) is 44.5 Å². The van der Waals surface area contributed by atoms with Gasteiger partial charge in [-0.1, -0.05) is 27.2 Å². The van der Waals surface area contributed by atoms with Gasteiger partial charge in [-0.25, -0.2) is 0 Å². The third kappa shape index (κ3) is 4.22. The lowest BCUT2D eigenvalue weighted by molar-refractivity contribution is -0.0569. The van der Waals surface area contributed by atoms with E-state index in [9.17, 15) is 0 Å². The minimum atomic E-state index is 0.328. The Morgan fingerprint density at radius 2 is 1.94 bits per heavy atom. The molecule has 3 heteroatoms. The van der Waals surface area contributed by atoms with Gasteiger partial charge in [0.1, 0.15) is 0 Å². The van der Waals surface area contributed by atoms with Crippen LogP contribution < -0.4 is 5.73 Å². The second-order valence-corrected chi connectivity index (χ2v) is 6.25. The van der Waals surface area contributed by atoms with Gasteiger partial charge in [0.2, 0.25) is 0 Å². The molecule has 1 saturated carbocycles. The zero-order chi connectivity index (χ0) is 13.6. The first-order valence-corrected chi connectivity index (χ1v) is 7.35. The van der Waals surface area contributed by atoms with Crippen molar-refractivity contribution in [3.8, 4) is 0 Å². The first-order valence-electron chi connectivity index (χ1n) is 7.35. The second-order valence-electron chi connectivity index (χ2n) is 6.25. The normalized spacial score (nSPS) is 29.5. The summed E-state index contributed by atoms with van der Waals surface area (Å²) >= 11 is 0. The number of nitrogens with two attached hydrogens (primary N) is 1. The quantitative estimate of drug-likeness (QED) is 0.713. The van der Waals surface area contributed by atoms with Gasteiger partial charge in [-0.05, 0) is 43.1 Å². The Labute approximate surface area is 112 Å². The van der Waals surface area contributed by atoms with Gasteiger partial charge in [0.25, 0.3) is 0 Å². The van der Waals surface area contributed by atoms with E-state index >= 15 is 0 Å². The Bertz CT molecular complexity index is 231. The summed E-state index contributed by atoms with van der Waals surface area (Å²) in [5.74, 6) is 1.30. The second kappa shape index (κ2) is 7.46. The van der Waals surface area contributed by atoms with Crippen molar-refractivity contribution in [2.24, 2.45) is 23.0 Å². The fourth-order valence-corrected chi connectivity index (χ4v) is 2.95. The highest BCUT2D eigenvalue weighted by Gasteiger charge is 2.37. The van der Waals surface area contributed by atoms with Gasteiger partial charge in [0.15, 0.2) is 0 Å². The Morgan fingerprint density at radius 3 is 2.50 bits per heavy atom. The van der Waals surface area contributed by atoms with Crippen LogP contribution in [0.2, 0.25) is 0 Å². The lowest BCUT2D eigenvalue weighted by atomic mass is 9.66. The highest BCUT2D eigenvalue weighted by molar-refractivity contribution is 4.88. The fraction of sp³-hybridized carbons (Fsp3) is 1.00. The van der Waals surface area contributed by atoms with E-state index in [0.717, 1.165) is 18.9 Å². The lowest BCUT2D eigenvalue weighted by Crippen LogP contribution is -2.40. The average Bonchev–Trinajstić information content (AvgIpc) is 2.39. The highest BCUT2D eigenvalue weighted by Crippen LogP contribution is 2.42. The Hall–Kier alpha value is -0.120. The monoisotopic (exact) mass is 257 g/mol. The van der Waals surface area contributed by atoms with Crippen molar-refractivity contribution >= 4 is 0 Å². The average molecular weight is 257 g/mol. The molecule has 0 saturated heterocycles. The third-order valence-corrected chi connectivity index (χ3v) is 4.87. The first-order chi connectivity index (χ1) is 8.55. The molecular formula is C15H31NO2. The summed E-state index contributed by atoms with van der Waals surface area (Å²) in [6, 6.07) is 0. The van der Waals surface area contributed by atoms with E-state index in [1.54, 1.807) is 7.11 Å². The van der Waals surface area contributed by atoms with Crippen LogP contribution in [0.5, 0.6) is 0 Å². The standard InChI is InChI=1S/C15H31NO2/c1-5-15(2,3)13-7-6-12(11-16)14(10-13)18-9-8-17-4/h12-14H,5-11,16H2,1-4H3. The molecule has 0 spiro atoms. The van der Waals surface area contributed by atoms with E-state index < -0.39 is 0 Å². The molecule has 3 nitrogen and oxygen atoms in total. The molecule has 3 atom stereocenters. The van der Waals surface area contributed by atoms with Crippen LogP contribution in [0.3, 0.4) is 0 Å². The van der Waals surface area contributed by atoms with Gasteiger partial charge < -0.3 is 15.2 Å². The Morgan fingerprint density at radius 1 is 1.22 bits per heavy atom. The number of ether oxygens (including phenoxy) is 2. The summed E-state index contributed by atoms with van der Waals surface area (Å²) in [5, 5.41) is 0. The summed E-state index contributed by atoms with van der Waals surface area (Å²) in [4.78, 5) is 0. The SMILES string of the molecule is CCC(C)(C)C1CCC(CN)C(OCCOC)C1. The molecule has 0 bridgehead atoms. The van der Waals surface area contributed by atoms with E-state index in [1.165, 1.54) is 19.3 Å². The van der Waals surface area contributed by atoms with E-state index in [0.29, 0.717) is 30.7 Å². The van der Waals surface area contributed by atoms with Crippen molar-refractivity contribution in [1.29, 1.82) is 0 Å². The molecule has 0 aromatic rings. The van der Waals surface area contributed by atoms with Crippen molar-refractivity contribution in [1.82, 2.24) is 0 Å². The van der Waals surface area contributed by atoms with Gasteiger partial charge in [-0.2, -0.15) is 0 Å². The third-order valence-electron chi connectivity index (χ3n) is 4.87. The fourth-order valence-electron chi connectivity index (χ4n) is 2.95. The van der Waals surface area contributed by atoms with Crippen LogP contribution in [0.25, 0.3) is 0 Å². The molecule has 0 aromatic carbocycles. The van der Waals surface area contributed by atoms with Crippen molar-refractivity contribution < 1.29 is 9.47 Å². The molecule has 0 radical (unpaired) electrons. The molecule has 18 heavy (non-hydrogen) atoms. The predicted molar refractivity (Wildman–Crippen MR) is 75.6 cm³/mol. The van der Waals surface area contributed by atoms with Crippen LogP contribution in [-0.2, 0) is 9.47 Å². The number of hydrogen-bond donors (Lipinski definition) is 1. The smallest absolute Gasteiger partial charge is 0.0704 e. The number of methoxy groups -OCH3 is 1. The minimum Gasteiger partial charge on any atom is -0.382 e. The van der Waals surface area contributed by atoms with Gasteiger partial charge >= 0.3 is 0 Å². The van der Waals surface area contributed by atoms with Gasteiger partial charge in [-0.15, -0.1) is 0 Å². The Kier molecular flexibility index (Phi) is 6.61. The lowest BCUT2D eigenvalue weighted by Gasteiger charge is -2.42. The van der Waals surface area contributed by atoms with Crippen LogP contribution >= 0.6 is 0 Å². The van der Waals surface area contributed by atoms with Crippen LogP contribution in [0.15, 0.2) is 0 Å². The molecule has 1 aliphatic rings. The zero-order valence-electron chi connectivity index (χ0n) is 12.6. The maximum Gasteiger partial charge on any atom is 0.0704 e. The summed E-state index contributed by atoms with van der Waals surface area (Å²) in [6.07, 6.45) is 5.23. The largest absolute Gasteiger partial charge is 0.382 e. The molecule has 0 amide bonds. The molecule has 0 aliphatic heterocycles. The molecule has 3 unspecified atom stereocenters. The highest BCUT2D eigenvalue weighted by atomic mass is 16.5. The van der Waals surface area contributed by atoms with Crippen LogP contribution in [0.1, 0.15) is 46.5 Å². The van der Waals surface area contributed by atoms with E-state index in [-0.39, 0.29) is 0 Å². The van der Waals surface area contributed by atoms with Gasteiger partial charge in [0.05, 0.1) is 19.3 Å². The molecule has 1 aliphatic carbocycles. The summed E-state index contributed by atoms with van der Waals surface area (Å²) in [7, 11) is 1.72. The number of hydrogen-bond acceptors (Lipinski definition) is 3. The van der Waals surface area contributed by atoms with Crippen LogP contribution in [-0.4, -0.2) is 33.0 Å². The molecule has 1 rings (SSSR count). The summed E-state index contributed by atoms with van der Waals surface area (Å²) in [5.41, 5.74) is 6.29. The molecule has 2 N–H and O–H groups in total. The maximum atomic E-state index is 5.99. The van der Waals surface area contributed by atoms with Crippen molar-refractivity contribution in [2.75, 3.05) is 26.9 Å². The first kappa shape index (κ1) is 15.9. The van der Waals surface area contributed by atoms with Crippen LogP contribution in [0, 0.1) is 17.3 Å². The number of rotatable bonds is 7.